The van der Waals surface area contributed by atoms with E-state index in [9.17, 15) is 0 Å². The molecule has 0 aromatic carbocycles. The number of guanidine groups is 1. The van der Waals surface area contributed by atoms with E-state index in [0.29, 0.717) is 12.5 Å². The second-order valence-corrected chi connectivity index (χ2v) is 1.97. The average Bonchev–Trinajstić information content (AvgIpc) is 1.86. The first-order valence-corrected chi connectivity index (χ1v) is 3.15. The third-order valence-corrected chi connectivity index (χ3v) is 0.782. The zero-order valence-electron chi connectivity index (χ0n) is 6.68. The fourth-order valence-corrected chi connectivity index (χ4v) is 0.483. The Morgan fingerprint density at radius 1 is 1.60 bits per heavy atom. The highest BCUT2D eigenvalue weighted by atomic mass is 15.5. The van der Waals surface area contributed by atoms with Crippen molar-refractivity contribution in [2.24, 2.45) is 10.8 Å². The first-order valence-electron chi connectivity index (χ1n) is 3.15. The summed E-state index contributed by atoms with van der Waals surface area (Å²) in [5, 5.41) is 1.76. The lowest BCUT2D eigenvalue weighted by Crippen LogP contribution is -2.47. The van der Waals surface area contributed by atoms with E-state index >= 15 is 0 Å². The molecule has 0 rings (SSSR count). The zero-order valence-corrected chi connectivity index (χ0v) is 6.68. The Bertz CT molecular complexity index is 109. The van der Waals surface area contributed by atoms with Crippen molar-refractivity contribution in [3.63, 3.8) is 0 Å². The van der Waals surface area contributed by atoms with Gasteiger partial charge in [-0.2, -0.15) is 0 Å². The zero-order chi connectivity index (χ0) is 7.98. The fraction of sp³-hybridized carbons (Fsp3) is 0.800. The van der Waals surface area contributed by atoms with Crippen molar-refractivity contribution >= 4 is 5.96 Å². The van der Waals surface area contributed by atoms with Crippen molar-refractivity contribution < 1.29 is 0 Å². The average molecular weight is 145 g/mol. The van der Waals surface area contributed by atoms with Gasteiger partial charge in [-0.3, -0.25) is 15.8 Å². The minimum Gasteiger partial charge on any atom is -0.293 e. The maximum atomic E-state index is 5.14. The molecule has 0 saturated heterocycles. The Labute approximate surface area is 61.2 Å². The summed E-state index contributed by atoms with van der Waals surface area (Å²) in [6.45, 7) is 2.65. The van der Waals surface area contributed by atoms with Gasteiger partial charge in [0.1, 0.15) is 0 Å². The van der Waals surface area contributed by atoms with E-state index in [1.54, 1.807) is 5.01 Å². The van der Waals surface area contributed by atoms with Gasteiger partial charge in [0, 0.05) is 20.6 Å². The maximum absolute atomic E-state index is 5.14. The lowest BCUT2D eigenvalue weighted by Gasteiger charge is -2.14. The van der Waals surface area contributed by atoms with Gasteiger partial charge >= 0.3 is 0 Å². The van der Waals surface area contributed by atoms with Crippen molar-refractivity contribution in [3.8, 4) is 0 Å². The summed E-state index contributed by atoms with van der Waals surface area (Å²) in [6, 6.07) is 0. The molecule has 60 valence electrons. The molecule has 0 aromatic heterocycles. The van der Waals surface area contributed by atoms with Crippen LogP contribution >= 0.6 is 0 Å². The Kier molecular flexibility index (Phi) is 4.61. The van der Waals surface area contributed by atoms with Gasteiger partial charge in [0.05, 0.1) is 0 Å². The second kappa shape index (κ2) is 5.01. The first kappa shape index (κ1) is 9.19. The van der Waals surface area contributed by atoms with Crippen LogP contribution in [0.5, 0.6) is 0 Å². The molecule has 0 amide bonds. The van der Waals surface area contributed by atoms with Gasteiger partial charge in [0.25, 0.3) is 0 Å². The summed E-state index contributed by atoms with van der Waals surface area (Å²) < 4.78 is 0. The number of nitrogens with two attached hydrogens (primary N) is 1. The number of hydrazine groups is 2. The molecule has 0 aliphatic heterocycles. The van der Waals surface area contributed by atoms with Gasteiger partial charge in [-0.25, -0.2) is 10.9 Å². The molecule has 0 atom stereocenters. The van der Waals surface area contributed by atoms with E-state index in [2.05, 4.69) is 15.8 Å². The molecular weight excluding hydrogens is 130 g/mol. The van der Waals surface area contributed by atoms with E-state index in [1.807, 2.05) is 21.0 Å². The predicted octanol–water partition coefficient (Wildman–Crippen LogP) is -1.11. The van der Waals surface area contributed by atoms with Gasteiger partial charge < -0.3 is 0 Å². The summed E-state index contributed by atoms with van der Waals surface area (Å²) in [7, 11) is 3.73. The highest BCUT2D eigenvalue weighted by molar-refractivity contribution is 5.78. The van der Waals surface area contributed by atoms with Crippen LogP contribution in [0.2, 0.25) is 0 Å². The van der Waals surface area contributed by atoms with Crippen LogP contribution in [0.25, 0.3) is 0 Å². The van der Waals surface area contributed by atoms with Crippen LogP contribution in [0.4, 0.5) is 0 Å². The number of rotatable bonds is 2. The predicted molar refractivity (Wildman–Crippen MR) is 42.1 cm³/mol. The molecule has 0 aromatic rings. The maximum Gasteiger partial charge on any atom is 0.220 e. The fourth-order valence-electron chi connectivity index (χ4n) is 0.483. The second-order valence-electron chi connectivity index (χ2n) is 1.97. The Morgan fingerprint density at radius 2 is 2.20 bits per heavy atom. The van der Waals surface area contributed by atoms with E-state index in [0.717, 1.165) is 0 Å². The molecule has 0 fully saturated rings. The molecule has 0 heterocycles. The minimum absolute atomic E-state index is 0.576. The van der Waals surface area contributed by atoms with Gasteiger partial charge in [-0.05, 0) is 6.92 Å². The van der Waals surface area contributed by atoms with Crippen LogP contribution in [-0.4, -0.2) is 31.6 Å². The van der Waals surface area contributed by atoms with Crippen LogP contribution in [0.1, 0.15) is 6.92 Å². The quantitative estimate of drug-likeness (QED) is 0.199. The number of hydrogen-bond donors (Lipinski definition) is 3. The smallest absolute Gasteiger partial charge is 0.220 e. The minimum atomic E-state index is 0.576. The summed E-state index contributed by atoms with van der Waals surface area (Å²) >= 11 is 0. The van der Waals surface area contributed by atoms with Crippen LogP contribution in [0.3, 0.4) is 0 Å². The summed E-state index contributed by atoms with van der Waals surface area (Å²) in [5.41, 5.74) is 5.31. The van der Waals surface area contributed by atoms with Crippen LogP contribution in [0.15, 0.2) is 4.99 Å². The monoisotopic (exact) mass is 145 g/mol. The Morgan fingerprint density at radius 3 is 2.50 bits per heavy atom. The molecule has 0 aliphatic rings. The van der Waals surface area contributed by atoms with Crippen LogP contribution < -0.4 is 16.7 Å². The van der Waals surface area contributed by atoms with E-state index < -0.39 is 0 Å². The third kappa shape index (κ3) is 4.11. The normalized spacial score (nSPS) is 11.9. The van der Waals surface area contributed by atoms with Gasteiger partial charge in [-0.15, -0.1) is 0 Å². The van der Waals surface area contributed by atoms with Crippen molar-refractivity contribution in [3.05, 3.63) is 0 Å². The van der Waals surface area contributed by atoms with E-state index in [-0.39, 0.29) is 0 Å². The molecule has 5 heteroatoms. The molecule has 0 bridgehead atoms. The lowest BCUT2D eigenvalue weighted by molar-refractivity contribution is 0.356. The van der Waals surface area contributed by atoms with E-state index in [4.69, 9.17) is 5.84 Å². The highest BCUT2D eigenvalue weighted by Crippen LogP contribution is 1.69. The van der Waals surface area contributed by atoms with Crippen molar-refractivity contribution in [1.29, 1.82) is 0 Å². The summed E-state index contributed by atoms with van der Waals surface area (Å²) in [4.78, 5) is 4.01. The molecule has 0 saturated carbocycles. The molecule has 5 nitrogen and oxygen atoms in total. The van der Waals surface area contributed by atoms with Gasteiger partial charge in [0.2, 0.25) is 5.96 Å². The molecule has 0 spiro atoms. The van der Waals surface area contributed by atoms with Crippen molar-refractivity contribution in [2.45, 2.75) is 6.92 Å². The number of aliphatic imine (C=N–C) groups is 1. The Hall–Kier alpha value is -0.810. The largest absolute Gasteiger partial charge is 0.293 e. The molecule has 10 heavy (non-hydrogen) atoms. The van der Waals surface area contributed by atoms with Crippen LogP contribution in [0, 0.1) is 0 Å². The molecule has 4 N–H and O–H groups in total. The van der Waals surface area contributed by atoms with Gasteiger partial charge in [0.15, 0.2) is 0 Å². The SMILES string of the molecule is CCN=C(NN)NN(C)C. The topological polar surface area (TPSA) is 65.7 Å². The molecule has 0 aliphatic carbocycles. The van der Waals surface area contributed by atoms with Crippen molar-refractivity contribution in [2.75, 3.05) is 20.6 Å². The molecular formula is C5H15N5. The van der Waals surface area contributed by atoms with Gasteiger partial charge in [-0.1, -0.05) is 0 Å². The molecule has 0 radical (unpaired) electrons. The van der Waals surface area contributed by atoms with E-state index in [1.165, 1.54) is 0 Å². The number of nitrogens with one attached hydrogen (secondary N) is 2. The standard InChI is InChI=1S/C5H15N5/c1-4-7-5(8-6)9-10(2)3/h4,6H2,1-3H3,(H2,7,8,9). The highest BCUT2D eigenvalue weighted by Gasteiger charge is 1.92. The lowest BCUT2D eigenvalue weighted by atomic mass is 10.8. The number of hydrogen-bond acceptors (Lipinski definition) is 3. The summed E-state index contributed by atoms with van der Waals surface area (Å²) in [6.07, 6.45) is 0. The first-order chi connectivity index (χ1) is 4.70. The Balaban J connectivity index is 3.71. The molecule has 0 unspecified atom stereocenters. The summed E-state index contributed by atoms with van der Waals surface area (Å²) in [5.74, 6) is 5.71. The third-order valence-electron chi connectivity index (χ3n) is 0.782. The van der Waals surface area contributed by atoms with Crippen LogP contribution in [-0.2, 0) is 0 Å². The van der Waals surface area contributed by atoms with Crippen molar-refractivity contribution in [1.82, 2.24) is 15.9 Å². The number of nitrogens with zero attached hydrogens (tertiary/aromatic N) is 2.